The molecule has 0 aromatic rings. The van der Waals surface area contributed by atoms with Gasteiger partial charge in [-0.3, -0.25) is 9.59 Å². The standard InChI is InChI=1S/C17H32N4O4/c22-16(14-20-6-10-24-11-7-20)18-4-2-1-3-5-19-17(23)15-21-8-12-25-13-9-21/h1-15H2,(H,18,22)(H,19,23)/p+2. The van der Waals surface area contributed by atoms with Crippen molar-refractivity contribution in [3.8, 4) is 0 Å². The second-order valence-electron chi connectivity index (χ2n) is 6.84. The van der Waals surface area contributed by atoms with Crippen molar-refractivity contribution < 1.29 is 28.9 Å². The molecule has 0 unspecified atom stereocenters. The lowest BCUT2D eigenvalue weighted by molar-refractivity contribution is -0.900. The van der Waals surface area contributed by atoms with Crippen molar-refractivity contribution in [2.24, 2.45) is 0 Å². The fraction of sp³-hybridized carbons (Fsp3) is 0.882. The summed E-state index contributed by atoms with van der Waals surface area (Å²) in [5.74, 6) is 0.248. The molecule has 144 valence electrons. The molecule has 2 fully saturated rings. The average molecular weight is 358 g/mol. The highest BCUT2D eigenvalue weighted by atomic mass is 16.5. The summed E-state index contributed by atoms with van der Waals surface area (Å²) in [6.07, 6.45) is 2.92. The quantitative estimate of drug-likeness (QED) is 0.302. The number of unbranched alkanes of at least 4 members (excludes halogenated alkanes) is 2. The second kappa shape index (κ2) is 12.2. The number of nitrogens with one attached hydrogen (secondary N) is 4. The van der Waals surface area contributed by atoms with Crippen LogP contribution in [0, 0.1) is 0 Å². The van der Waals surface area contributed by atoms with Gasteiger partial charge in [-0.05, 0) is 19.3 Å². The summed E-state index contributed by atoms with van der Waals surface area (Å²) in [6, 6.07) is 0. The summed E-state index contributed by atoms with van der Waals surface area (Å²) in [6.45, 7) is 9.19. The van der Waals surface area contributed by atoms with Gasteiger partial charge >= 0.3 is 0 Å². The monoisotopic (exact) mass is 358 g/mol. The van der Waals surface area contributed by atoms with E-state index in [9.17, 15) is 9.59 Å². The molecule has 0 radical (unpaired) electrons. The van der Waals surface area contributed by atoms with E-state index in [1.807, 2.05) is 0 Å². The fourth-order valence-electron chi connectivity index (χ4n) is 3.14. The summed E-state index contributed by atoms with van der Waals surface area (Å²) in [5.41, 5.74) is 0. The van der Waals surface area contributed by atoms with Gasteiger partial charge in [0.25, 0.3) is 11.8 Å². The van der Waals surface area contributed by atoms with Gasteiger partial charge in [0.2, 0.25) is 0 Å². The van der Waals surface area contributed by atoms with Crippen LogP contribution in [-0.2, 0) is 19.1 Å². The maximum Gasteiger partial charge on any atom is 0.275 e. The third kappa shape index (κ3) is 9.15. The van der Waals surface area contributed by atoms with Crippen LogP contribution in [0.3, 0.4) is 0 Å². The smallest absolute Gasteiger partial charge is 0.275 e. The van der Waals surface area contributed by atoms with Gasteiger partial charge in [-0.2, -0.15) is 0 Å². The third-order valence-electron chi connectivity index (χ3n) is 4.72. The van der Waals surface area contributed by atoms with E-state index in [-0.39, 0.29) is 11.8 Å². The highest BCUT2D eigenvalue weighted by Gasteiger charge is 2.18. The van der Waals surface area contributed by atoms with E-state index in [1.54, 1.807) is 0 Å². The summed E-state index contributed by atoms with van der Waals surface area (Å²) < 4.78 is 10.6. The van der Waals surface area contributed by atoms with Gasteiger partial charge < -0.3 is 29.9 Å². The van der Waals surface area contributed by atoms with Crippen molar-refractivity contribution in [3.63, 3.8) is 0 Å². The molecule has 2 saturated heterocycles. The van der Waals surface area contributed by atoms with Gasteiger partial charge in [-0.1, -0.05) is 0 Å². The lowest BCUT2D eigenvalue weighted by Gasteiger charge is -2.23. The Balaban J connectivity index is 1.38. The summed E-state index contributed by atoms with van der Waals surface area (Å²) in [4.78, 5) is 26.3. The molecule has 0 spiro atoms. The van der Waals surface area contributed by atoms with Crippen LogP contribution in [0.1, 0.15) is 19.3 Å². The molecule has 0 aromatic heterocycles. The van der Waals surface area contributed by atoms with Crippen LogP contribution in [-0.4, -0.2) is 90.6 Å². The van der Waals surface area contributed by atoms with Crippen molar-refractivity contribution in [2.45, 2.75) is 19.3 Å². The van der Waals surface area contributed by atoms with E-state index in [2.05, 4.69) is 10.6 Å². The van der Waals surface area contributed by atoms with Gasteiger partial charge in [0.05, 0.1) is 26.4 Å². The van der Waals surface area contributed by atoms with Gasteiger partial charge in [-0.15, -0.1) is 0 Å². The highest BCUT2D eigenvalue weighted by Crippen LogP contribution is 1.92. The Morgan fingerprint density at radius 2 is 1.08 bits per heavy atom. The second-order valence-corrected chi connectivity index (χ2v) is 6.84. The zero-order valence-corrected chi connectivity index (χ0v) is 15.2. The minimum absolute atomic E-state index is 0.124. The maximum atomic E-state index is 11.8. The van der Waals surface area contributed by atoms with Crippen LogP contribution >= 0.6 is 0 Å². The average Bonchev–Trinajstić information content (AvgIpc) is 2.62. The number of hydrogen-bond acceptors (Lipinski definition) is 4. The molecule has 2 heterocycles. The topological polar surface area (TPSA) is 85.5 Å². The molecule has 4 N–H and O–H groups in total. The Hall–Kier alpha value is -1.22. The zero-order valence-electron chi connectivity index (χ0n) is 15.2. The van der Waals surface area contributed by atoms with E-state index in [0.717, 1.165) is 71.9 Å². The molecule has 0 aliphatic carbocycles. The van der Waals surface area contributed by atoms with Crippen LogP contribution in [0.25, 0.3) is 0 Å². The third-order valence-corrected chi connectivity index (χ3v) is 4.72. The first-order valence-corrected chi connectivity index (χ1v) is 9.60. The van der Waals surface area contributed by atoms with Crippen LogP contribution in [0.5, 0.6) is 0 Å². The SMILES string of the molecule is O=C(C[NH+]1CCOCC1)NCCCCCNC(=O)C[NH+]1CCOCC1. The van der Waals surface area contributed by atoms with Gasteiger partial charge in [0.1, 0.15) is 26.2 Å². The molecule has 0 bridgehead atoms. The van der Waals surface area contributed by atoms with Crippen LogP contribution in [0.15, 0.2) is 0 Å². The first-order valence-electron chi connectivity index (χ1n) is 9.60. The molecule has 2 aliphatic rings. The van der Waals surface area contributed by atoms with Gasteiger partial charge in [0, 0.05) is 13.1 Å². The molecule has 0 saturated carbocycles. The normalized spacial score (nSPS) is 19.5. The van der Waals surface area contributed by atoms with Gasteiger partial charge in [-0.25, -0.2) is 0 Å². The first-order chi connectivity index (χ1) is 12.2. The molecular formula is C17H34N4O4+2. The van der Waals surface area contributed by atoms with Crippen molar-refractivity contribution in [3.05, 3.63) is 0 Å². The number of rotatable bonds is 10. The Labute approximate surface area is 150 Å². The zero-order chi connectivity index (χ0) is 17.7. The molecule has 2 aliphatic heterocycles. The number of morpholine rings is 2. The number of carbonyl (C=O) groups excluding carboxylic acids is 2. The lowest BCUT2D eigenvalue weighted by atomic mass is 10.2. The first kappa shape index (κ1) is 20.1. The predicted octanol–water partition coefficient (Wildman–Crippen LogP) is -3.78. The Kier molecular flexibility index (Phi) is 9.79. The Morgan fingerprint density at radius 3 is 1.48 bits per heavy atom. The number of hydrogen-bond donors (Lipinski definition) is 4. The van der Waals surface area contributed by atoms with E-state index >= 15 is 0 Å². The fourth-order valence-corrected chi connectivity index (χ4v) is 3.14. The molecule has 2 amide bonds. The van der Waals surface area contributed by atoms with E-state index in [4.69, 9.17) is 9.47 Å². The van der Waals surface area contributed by atoms with Crippen LogP contribution in [0.2, 0.25) is 0 Å². The van der Waals surface area contributed by atoms with E-state index in [1.165, 1.54) is 9.80 Å². The molecule has 25 heavy (non-hydrogen) atoms. The summed E-state index contributed by atoms with van der Waals surface area (Å²) in [5, 5.41) is 5.96. The summed E-state index contributed by atoms with van der Waals surface area (Å²) in [7, 11) is 0. The molecule has 8 nitrogen and oxygen atoms in total. The van der Waals surface area contributed by atoms with Crippen molar-refractivity contribution >= 4 is 11.8 Å². The largest absolute Gasteiger partial charge is 0.370 e. The molecule has 2 rings (SSSR count). The lowest BCUT2D eigenvalue weighted by Crippen LogP contribution is -3.15. The summed E-state index contributed by atoms with van der Waals surface area (Å²) >= 11 is 0. The van der Waals surface area contributed by atoms with Crippen molar-refractivity contribution in [1.82, 2.24) is 10.6 Å². The Morgan fingerprint density at radius 1 is 0.680 bits per heavy atom. The molecule has 8 heteroatoms. The molecule has 0 aromatic carbocycles. The number of amides is 2. The number of quaternary nitrogens is 2. The van der Waals surface area contributed by atoms with E-state index in [0.29, 0.717) is 26.2 Å². The van der Waals surface area contributed by atoms with Crippen molar-refractivity contribution in [1.29, 1.82) is 0 Å². The minimum Gasteiger partial charge on any atom is -0.370 e. The highest BCUT2D eigenvalue weighted by molar-refractivity contribution is 5.77. The minimum atomic E-state index is 0.124. The number of carbonyl (C=O) groups is 2. The van der Waals surface area contributed by atoms with Crippen molar-refractivity contribution in [2.75, 3.05) is 78.8 Å². The Bertz CT molecular complexity index is 360. The van der Waals surface area contributed by atoms with Crippen LogP contribution in [0.4, 0.5) is 0 Å². The predicted molar refractivity (Wildman–Crippen MR) is 92.6 cm³/mol. The van der Waals surface area contributed by atoms with E-state index < -0.39 is 0 Å². The molecular weight excluding hydrogens is 324 g/mol. The maximum absolute atomic E-state index is 11.8. The van der Waals surface area contributed by atoms with Gasteiger partial charge in [0.15, 0.2) is 13.1 Å². The van der Waals surface area contributed by atoms with Crippen LogP contribution < -0.4 is 20.4 Å². The molecule has 0 atom stereocenters. The number of ether oxygens (including phenoxy) is 2.